The summed E-state index contributed by atoms with van der Waals surface area (Å²) in [5, 5.41) is 3.75. The maximum atomic E-state index is 12.8. The zero-order chi connectivity index (χ0) is 17.3. The minimum Gasteiger partial charge on any atom is -0.490 e. The fourth-order valence-corrected chi connectivity index (χ4v) is 4.73. The Labute approximate surface area is 142 Å². The smallest absolute Gasteiger partial charge is 0.248 e. The number of piperidine rings is 1. The van der Waals surface area contributed by atoms with Crippen molar-refractivity contribution in [2.24, 2.45) is 0 Å². The van der Waals surface area contributed by atoms with E-state index in [2.05, 4.69) is 5.16 Å². The van der Waals surface area contributed by atoms with Crippen LogP contribution in [0, 0.1) is 20.8 Å². The summed E-state index contributed by atoms with van der Waals surface area (Å²) in [6.45, 7) is 6.17. The van der Waals surface area contributed by atoms with E-state index in [-0.39, 0.29) is 11.0 Å². The molecule has 1 fully saturated rings. The molecule has 0 radical (unpaired) electrons. The van der Waals surface area contributed by atoms with Crippen molar-refractivity contribution < 1.29 is 17.7 Å². The normalized spacial score (nSPS) is 17.1. The quantitative estimate of drug-likeness (QED) is 0.848. The van der Waals surface area contributed by atoms with Crippen LogP contribution in [0.2, 0.25) is 0 Å². The van der Waals surface area contributed by atoms with Crippen LogP contribution in [0.15, 0.2) is 33.7 Å². The molecule has 0 spiro atoms. The van der Waals surface area contributed by atoms with Gasteiger partial charge < -0.3 is 9.26 Å². The van der Waals surface area contributed by atoms with Crippen LogP contribution >= 0.6 is 0 Å². The molecule has 0 bridgehead atoms. The predicted octanol–water partition coefficient (Wildman–Crippen LogP) is 2.83. The second-order valence-electron chi connectivity index (χ2n) is 6.19. The fraction of sp³-hybridized carbons (Fsp3) is 0.471. The first-order valence-electron chi connectivity index (χ1n) is 8.04. The largest absolute Gasteiger partial charge is 0.490 e. The minimum atomic E-state index is -3.56. The number of nitrogens with zero attached hydrogens (tertiary/aromatic N) is 2. The average Bonchev–Trinajstić information content (AvgIpc) is 2.89. The molecule has 130 valence electrons. The van der Waals surface area contributed by atoms with Crippen molar-refractivity contribution in [2.45, 2.75) is 44.6 Å². The van der Waals surface area contributed by atoms with Crippen molar-refractivity contribution in [3.63, 3.8) is 0 Å². The lowest BCUT2D eigenvalue weighted by Gasteiger charge is -2.31. The maximum absolute atomic E-state index is 12.8. The van der Waals surface area contributed by atoms with Gasteiger partial charge in [0.2, 0.25) is 10.0 Å². The SMILES string of the molecule is Cc1ccc(OC2CCN(S(=O)(=O)c3c(C)noc3C)CC2)cc1. The van der Waals surface area contributed by atoms with Crippen LogP contribution in [0.5, 0.6) is 5.75 Å². The summed E-state index contributed by atoms with van der Waals surface area (Å²) in [6.07, 6.45) is 1.36. The summed E-state index contributed by atoms with van der Waals surface area (Å²) in [7, 11) is -3.56. The highest BCUT2D eigenvalue weighted by Gasteiger charge is 2.34. The molecule has 3 rings (SSSR count). The molecular weight excluding hydrogens is 328 g/mol. The Hall–Kier alpha value is -1.86. The van der Waals surface area contributed by atoms with E-state index in [1.165, 1.54) is 9.87 Å². The van der Waals surface area contributed by atoms with Gasteiger partial charge in [0.1, 0.15) is 22.4 Å². The van der Waals surface area contributed by atoms with Gasteiger partial charge in [-0.05, 0) is 45.7 Å². The number of aromatic nitrogens is 1. The van der Waals surface area contributed by atoms with Gasteiger partial charge in [0.25, 0.3) is 0 Å². The Kier molecular flexibility index (Phi) is 4.64. The molecule has 0 amide bonds. The van der Waals surface area contributed by atoms with Crippen LogP contribution in [-0.4, -0.2) is 37.1 Å². The number of sulfonamides is 1. The first-order chi connectivity index (χ1) is 11.4. The molecule has 24 heavy (non-hydrogen) atoms. The molecule has 1 aromatic carbocycles. The fourth-order valence-electron chi connectivity index (χ4n) is 2.97. The van der Waals surface area contributed by atoms with Crippen LogP contribution in [0.25, 0.3) is 0 Å². The van der Waals surface area contributed by atoms with Crippen LogP contribution in [-0.2, 0) is 10.0 Å². The number of hydrogen-bond acceptors (Lipinski definition) is 5. The number of hydrogen-bond donors (Lipinski definition) is 0. The highest BCUT2D eigenvalue weighted by Crippen LogP contribution is 2.27. The van der Waals surface area contributed by atoms with E-state index < -0.39 is 10.0 Å². The predicted molar refractivity (Wildman–Crippen MR) is 89.6 cm³/mol. The standard InChI is InChI=1S/C17H22N2O4S/c1-12-4-6-15(7-5-12)22-16-8-10-19(11-9-16)24(20,21)17-13(2)18-23-14(17)3/h4-7,16H,8-11H2,1-3H3. The number of ether oxygens (including phenoxy) is 1. The van der Waals surface area contributed by atoms with E-state index in [0.717, 1.165) is 5.75 Å². The second-order valence-corrected chi connectivity index (χ2v) is 8.06. The zero-order valence-electron chi connectivity index (χ0n) is 14.2. The van der Waals surface area contributed by atoms with Crippen molar-refractivity contribution >= 4 is 10.0 Å². The Balaban J connectivity index is 1.65. The van der Waals surface area contributed by atoms with Crippen LogP contribution < -0.4 is 4.74 Å². The molecule has 0 N–H and O–H groups in total. The van der Waals surface area contributed by atoms with Gasteiger partial charge in [-0.2, -0.15) is 4.31 Å². The number of benzene rings is 1. The van der Waals surface area contributed by atoms with Gasteiger partial charge in [-0.25, -0.2) is 8.42 Å². The number of aryl methyl sites for hydroxylation is 3. The second kappa shape index (κ2) is 6.57. The van der Waals surface area contributed by atoms with Crippen LogP contribution in [0.1, 0.15) is 29.9 Å². The Morgan fingerprint density at radius 1 is 1.12 bits per heavy atom. The third-order valence-corrected chi connectivity index (χ3v) is 6.43. The third kappa shape index (κ3) is 3.32. The number of rotatable bonds is 4. The minimum absolute atomic E-state index is 0.0313. The van der Waals surface area contributed by atoms with E-state index >= 15 is 0 Å². The zero-order valence-corrected chi connectivity index (χ0v) is 15.0. The van der Waals surface area contributed by atoms with E-state index in [1.807, 2.05) is 31.2 Å². The Morgan fingerprint density at radius 3 is 2.29 bits per heavy atom. The van der Waals surface area contributed by atoms with Gasteiger partial charge in [0, 0.05) is 13.1 Å². The van der Waals surface area contributed by atoms with E-state index in [4.69, 9.17) is 9.26 Å². The molecule has 6 nitrogen and oxygen atoms in total. The highest BCUT2D eigenvalue weighted by molar-refractivity contribution is 7.89. The van der Waals surface area contributed by atoms with Crippen molar-refractivity contribution in [3.05, 3.63) is 41.3 Å². The van der Waals surface area contributed by atoms with Crippen molar-refractivity contribution in [2.75, 3.05) is 13.1 Å². The highest BCUT2D eigenvalue weighted by atomic mass is 32.2. The summed E-state index contributed by atoms with van der Waals surface area (Å²) in [5.41, 5.74) is 1.59. The van der Waals surface area contributed by atoms with Gasteiger partial charge in [-0.15, -0.1) is 0 Å². The molecule has 1 aromatic heterocycles. The van der Waals surface area contributed by atoms with Crippen LogP contribution in [0.3, 0.4) is 0 Å². The van der Waals surface area contributed by atoms with Crippen molar-refractivity contribution in [3.8, 4) is 5.75 Å². The summed E-state index contributed by atoms with van der Waals surface area (Å²) in [5.74, 6) is 1.16. The first kappa shape index (κ1) is 17.0. The van der Waals surface area contributed by atoms with Crippen molar-refractivity contribution in [1.82, 2.24) is 9.46 Å². The van der Waals surface area contributed by atoms with Gasteiger partial charge in [-0.3, -0.25) is 0 Å². The third-order valence-electron chi connectivity index (χ3n) is 4.29. The van der Waals surface area contributed by atoms with Gasteiger partial charge in [0.05, 0.1) is 0 Å². The van der Waals surface area contributed by atoms with E-state index in [0.29, 0.717) is 37.4 Å². The monoisotopic (exact) mass is 350 g/mol. The van der Waals surface area contributed by atoms with E-state index in [9.17, 15) is 8.42 Å². The first-order valence-corrected chi connectivity index (χ1v) is 9.48. The summed E-state index contributed by atoms with van der Waals surface area (Å²) >= 11 is 0. The van der Waals surface area contributed by atoms with E-state index in [1.54, 1.807) is 13.8 Å². The van der Waals surface area contributed by atoms with Crippen LogP contribution in [0.4, 0.5) is 0 Å². The maximum Gasteiger partial charge on any atom is 0.248 e. The lowest BCUT2D eigenvalue weighted by molar-refractivity contribution is 0.135. The molecule has 1 saturated heterocycles. The molecule has 0 saturated carbocycles. The summed E-state index contributed by atoms with van der Waals surface area (Å²) in [6, 6.07) is 7.91. The summed E-state index contributed by atoms with van der Waals surface area (Å²) < 4.78 is 38.0. The molecule has 7 heteroatoms. The molecular formula is C17H22N2O4S. The molecule has 2 aromatic rings. The van der Waals surface area contributed by atoms with Crippen molar-refractivity contribution in [1.29, 1.82) is 0 Å². The van der Waals surface area contributed by atoms with Gasteiger partial charge in [0.15, 0.2) is 5.76 Å². The summed E-state index contributed by atoms with van der Waals surface area (Å²) in [4.78, 5) is 0.195. The molecule has 1 aliphatic rings. The molecule has 0 aliphatic carbocycles. The Morgan fingerprint density at radius 2 is 1.75 bits per heavy atom. The van der Waals surface area contributed by atoms with Gasteiger partial charge in [-0.1, -0.05) is 22.9 Å². The topological polar surface area (TPSA) is 72.6 Å². The average molecular weight is 350 g/mol. The Bertz CT molecular complexity index is 784. The molecule has 0 atom stereocenters. The molecule has 2 heterocycles. The van der Waals surface area contributed by atoms with Gasteiger partial charge >= 0.3 is 0 Å². The lowest BCUT2D eigenvalue weighted by atomic mass is 10.1. The molecule has 0 unspecified atom stereocenters. The lowest BCUT2D eigenvalue weighted by Crippen LogP contribution is -2.42. The molecule has 1 aliphatic heterocycles.